The summed E-state index contributed by atoms with van der Waals surface area (Å²) in [5, 5.41) is 19.7. The zero-order chi connectivity index (χ0) is 13.7. The quantitative estimate of drug-likeness (QED) is 0.384. The number of hydrogen-bond acceptors (Lipinski definition) is 5. The molecule has 18 heavy (non-hydrogen) atoms. The van der Waals surface area contributed by atoms with E-state index in [0.717, 1.165) is 24.3 Å². The number of ether oxygens (including phenoxy) is 1. The monoisotopic (exact) mass is 255 g/mol. The Bertz CT molecular complexity index is 512. The second-order valence-corrected chi connectivity index (χ2v) is 3.21. The number of carbonyl (C=O) groups is 1. The van der Waals surface area contributed by atoms with E-state index >= 15 is 0 Å². The first kappa shape index (κ1) is 13.6. The van der Waals surface area contributed by atoms with Gasteiger partial charge in [0.05, 0.1) is 11.5 Å². The van der Waals surface area contributed by atoms with Crippen LogP contribution < -0.4 is 0 Å². The highest BCUT2D eigenvalue weighted by molar-refractivity contribution is 5.87. The van der Waals surface area contributed by atoms with Crippen molar-refractivity contribution in [2.75, 3.05) is 6.61 Å². The molecule has 6 nitrogen and oxygen atoms in total. The van der Waals surface area contributed by atoms with Crippen molar-refractivity contribution in [3.05, 3.63) is 39.7 Å². The Morgan fingerprint density at radius 1 is 1.61 bits per heavy atom. The second kappa shape index (κ2) is 5.76. The molecule has 0 spiro atoms. The van der Waals surface area contributed by atoms with Gasteiger partial charge in [-0.3, -0.25) is 10.1 Å². The van der Waals surface area contributed by atoms with Crippen molar-refractivity contribution < 1.29 is 24.0 Å². The minimum atomic E-state index is -1.13. The third kappa shape index (κ3) is 3.27. The van der Waals surface area contributed by atoms with Crippen LogP contribution in [0.4, 0.5) is 10.1 Å². The van der Waals surface area contributed by atoms with Crippen molar-refractivity contribution in [3.8, 4) is 5.75 Å². The number of nitro groups is 1. The predicted octanol–water partition coefficient (Wildman–Crippen LogP) is 2.02. The molecule has 0 aliphatic carbocycles. The number of benzene rings is 1. The number of nitrogens with zero attached hydrogens (tertiary/aromatic N) is 1. The normalized spacial score (nSPS) is 10.6. The summed E-state index contributed by atoms with van der Waals surface area (Å²) >= 11 is 0. The van der Waals surface area contributed by atoms with Gasteiger partial charge in [-0.25, -0.2) is 9.18 Å². The molecule has 0 aliphatic rings. The van der Waals surface area contributed by atoms with E-state index in [-0.39, 0.29) is 12.2 Å². The molecule has 0 fully saturated rings. The molecule has 0 atom stereocenters. The number of hydrogen-bond donors (Lipinski definition) is 1. The molecule has 0 unspecified atom stereocenters. The average molecular weight is 255 g/mol. The molecule has 0 aliphatic heterocycles. The van der Waals surface area contributed by atoms with E-state index < -0.39 is 28.1 Å². The Morgan fingerprint density at radius 3 is 2.83 bits per heavy atom. The molecule has 96 valence electrons. The van der Waals surface area contributed by atoms with Gasteiger partial charge in [-0.1, -0.05) is 0 Å². The van der Waals surface area contributed by atoms with Gasteiger partial charge in [-0.15, -0.1) is 0 Å². The molecule has 0 radical (unpaired) electrons. The van der Waals surface area contributed by atoms with Crippen molar-refractivity contribution in [1.82, 2.24) is 0 Å². The number of nitro benzene ring substituents is 1. The highest BCUT2D eigenvalue weighted by atomic mass is 19.1. The van der Waals surface area contributed by atoms with E-state index in [2.05, 4.69) is 4.74 Å². The van der Waals surface area contributed by atoms with E-state index in [1.54, 1.807) is 6.92 Å². The number of phenolic OH excluding ortho intramolecular Hbond substituents is 1. The topological polar surface area (TPSA) is 89.7 Å². The van der Waals surface area contributed by atoms with Gasteiger partial charge in [0.1, 0.15) is 0 Å². The first-order valence-electron chi connectivity index (χ1n) is 4.97. The molecular formula is C11H10FNO5. The van der Waals surface area contributed by atoms with Crippen molar-refractivity contribution in [2.45, 2.75) is 6.92 Å². The largest absolute Gasteiger partial charge is 0.500 e. The van der Waals surface area contributed by atoms with Gasteiger partial charge in [-0.2, -0.15) is 0 Å². The lowest BCUT2D eigenvalue weighted by Gasteiger charge is -2.00. The highest BCUT2D eigenvalue weighted by Gasteiger charge is 2.18. The SMILES string of the molecule is CCOC(=O)C=Cc1cc(F)c(O)c([N+](=O)[O-])c1. The summed E-state index contributed by atoms with van der Waals surface area (Å²) in [6, 6.07) is 1.83. The minimum Gasteiger partial charge on any atom is -0.500 e. The first-order chi connectivity index (χ1) is 8.45. The zero-order valence-electron chi connectivity index (χ0n) is 9.42. The lowest BCUT2D eigenvalue weighted by Crippen LogP contribution is -1.98. The Kier molecular flexibility index (Phi) is 4.36. The molecule has 1 rings (SSSR count). The van der Waals surface area contributed by atoms with E-state index in [1.165, 1.54) is 0 Å². The van der Waals surface area contributed by atoms with Gasteiger partial charge in [0.2, 0.25) is 5.75 Å². The molecule has 0 heterocycles. The summed E-state index contributed by atoms with van der Waals surface area (Å²) in [6.07, 6.45) is 2.17. The molecular weight excluding hydrogens is 245 g/mol. The van der Waals surface area contributed by atoms with E-state index in [1.807, 2.05) is 0 Å². The highest BCUT2D eigenvalue weighted by Crippen LogP contribution is 2.30. The smallest absolute Gasteiger partial charge is 0.330 e. The van der Waals surface area contributed by atoms with Crippen LogP contribution in [0.1, 0.15) is 12.5 Å². The second-order valence-electron chi connectivity index (χ2n) is 3.21. The first-order valence-corrected chi connectivity index (χ1v) is 4.97. The van der Waals surface area contributed by atoms with Gasteiger partial charge in [0.25, 0.3) is 0 Å². The maximum atomic E-state index is 13.2. The van der Waals surface area contributed by atoms with Crippen LogP contribution >= 0.6 is 0 Å². The summed E-state index contributed by atoms with van der Waals surface area (Å²) < 4.78 is 17.8. The van der Waals surface area contributed by atoms with E-state index in [9.17, 15) is 19.3 Å². The maximum Gasteiger partial charge on any atom is 0.330 e. The van der Waals surface area contributed by atoms with Gasteiger partial charge in [0.15, 0.2) is 5.82 Å². The number of carbonyl (C=O) groups excluding carboxylic acids is 1. The van der Waals surface area contributed by atoms with Crippen LogP contribution in [-0.4, -0.2) is 22.6 Å². The molecule has 0 amide bonds. The van der Waals surface area contributed by atoms with E-state index in [4.69, 9.17) is 5.11 Å². The van der Waals surface area contributed by atoms with Crippen molar-refractivity contribution in [3.63, 3.8) is 0 Å². The van der Waals surface area contributed by atoms with Gasteiger partial charge in [0, 0.05) is 12.1 Å². The lowest BCUT2D eigenvalue weighted by atomic mass is 10.1. The van der Waals surface area contributed by atoms with Crippen LogP contribution in [-0.2, 0) is 9.53 Å². The summed E-state index contributed by atoms with van der Waals surface area (Å²) in [4.78, 5) is 20.6. The van der Waals surface area contributed by atoms with Crippen LogP contribution in [0.25, 0.3) is 6.08 Å². The Hall–Kier alpha value is -2.44. The molecule has 0 bridgehead atoms. The van der Waals surface area contributed by atoms with Gasteiger partial charge in [-0.05, 0) is 24.6 Å². The third-order valence-corrected chi connectivity index (χ3v) is 1.96. The Morgan fingerprint density at radius 2 is 2.28 bits per heavy atom. The predicted molar refractivity (Wildman–Crippen MR) is 60.4 cm³/mol. The minimum absolute atomic E-state index is 0.0741. The van der Waals surface area contributed by atoms with Crippen LogP contribution in [0.3, 0.4) is 0 Å². The number of esters is 1. The van der Waals surface area contributed by atoms with Crippen molar-refractivity contribution in [2.24, 2.45) is 0 Å². The number of halogens is 1. The zero-order valence-corrected chi connectivity index (χ0v) is 9.42. The van der Waals surface area contributed by atoms with Crippen LogP contribution in [0.5, 0.6) is 5.75 Å². The molecule has 1 aromatic carbocycles. The fourth-order valence-corrected chi connectivity index (χ4v) is 1.19. The summed E-state index contributed by atoms with van der Waals surface area (Å²) in [6.45, 7) is 1.81. The van der Waals surface area contributed by atoms with Crippen LogP contribution in [0, 0.1) is 15.9 Å². The molecule has 1 aromatic rings. The van der Waals surface area contributed by atoms with Crippen LogP contribution in [0.15, 0.2) is 18.2 Å². The fourth-order valence-electron chi connectivity index (χ4n) is 1.19. The number of phenols is 1. The molecule has 1 N–H and O–H groups in total. The summed E-state index contributed by atoms with van der Waals surface area (Å²) in [5.74, 6) is -2.81. The standard InChI is InChI=1S/C11H10FNO5/c1-2-18-10(14)4-3-7-5-8(12)11(15)9(6-7)13(16)17/h3-6,15H,2H2,1H3. The molecule has 7 heteroatoms. The fraction of sp³-hybridized carbons (Fsp3) is 0.182. The molecule has 0 aromatic heterocycles. The van der Waals surface area contributed by atoms with Gasteiger partial charge < -0.3 is 9.84 Å². The van der Waals surface area contributed by atoms with Crippen molar-refractivity contribution in [1.29, 1.82) is 0 Å². The molecule has 0 saturated carbocycles. The molecule has 0 saturated heterocycles. The van der Waals surface area contributed by atoms with Crippen molar-refractivity contribution >= 4 is 17.7 Å². The lowest BCUT2D eigenvalue weighted by molar-refractivity contribution is -0.386. The van der Waals surface area contributed by atoms with Gasteiger partial charge >= 0.3 is 11.7 Å². The number of rotatable bonds is 4. The Balaban J connectivity index is 3.04. The van der Waals surface area contributed by atoms with Crippen LogP contribution in [0.2, 0.25) is 0 Å². The van der Waals surface area contributed by atoms with E-state index in [0.29, 0.717) is 0 Å². The number of aromatic hydroxyl groups is 1. The maximum absolute atomic E-state index is 13.2. The third-order valence-electron chi connectivity index (χ3n) is 1.96. The summed E-state index contributed by atoms with van der Waals surface area (Å²) in [7, 11) is 0. The average Bonchev–Trinajstić information content (AvgIpc) is 2.30. The summed E-state index contributed by atoms with van der Waals surface area (Å²) in [5.41, 5.74) is -0.691. The Labute approximate surface area is 101 Å².